The van der Waals surface area contributed by atoms with Gasteiger partial charge in [-0.3, -0.25) is 23.5 Å². The van der Waals surface area contributed by atoms with E-state index in [0.717, 1.165) is 4.57 Å². The van der Waals surface area contributed by atoms with Crippen LogP contribution < -0.4 is 21.3 Å². The number of aryl methyl sites for hydroxylation is 1. The van der Waals surface area contributed by atoms with E-state index in [4.69, 9.17) is 21.1 Å². The fourth-order valence-corrected chi connectivity index (χ4v) is 2.98. The van der Waals surface area contributed by atoms with Crippen molar-refractivity contribution in [2.75, 3.05) is 19.0 Å². The number of carbonyl (C=O) groups is 2. The second-order valence-electron chi connectivity index (χ2n) is 6.30. The van der Waals surface area contributed by atoms with Crippen LogP contribution in [-0.2, 0) is 35.0 Å². The van der Waals surface area contributed by atoms with Crippen molar-refractivity contribution >= 4 is 40.3 Å². The van der Waals surface area contributed by atoms with Gasteiger partial charge in [0.15, 0.2) is 17.8 Å². The monoisotopic (exact) mass is 435 g/mol. The van der Waals surface area contributed by atoms with Crippen LogP contribution in [-0.4, -0.2) is 44.3 Å². The van der Waals surface area contributed by atoms with Gasteiger partial charge in [-0.1, -0.05) is 11.6 Å². The van der Waals surface area contributed by atoms with Gasteiger partial charge in [-0.25, -0.2) is 9.78 Å². The molecule has 0 radical (unpaired) electrons. The molecule has 158 valence electrons. The quantitative estimate of drug-likeness (QED) is 0.551. The summed E-state index contributed by atoms with van der Waals surface area (Å²) < 4.78 is 13.5. The highest BCUT2D eigenvalue weighted by atomic mass is 35.5. The van der Waals surface area contributed by atoms with Gasteiger partial charge in [-0.15, -0.1) is 0 Å². The third kappa shape index (κ3) is 4.06. The number of anilines is 1. The Morgan fingerprint density at radius 2 is 1.93 bits per heavy atom. The van der Waals surface area contributed by atoms with E-state index in [1.165, 1.54) is 42.7 Å². The van der Waals surface area contributed by atoms with Crippen molar-refractivity contribution in [3.8, 4) is 5.75 Å². The van der Waals surface area contributed by atoms with Gasteiger partial charge in [0.1, 0.15) is 12.3 Å². The Bertz CT molecular complexity index is 1260. The number of halogens is 1. The van der Waals surface area contributed by atoms with E-state index in [0.29, 0.717) is 16.5 Å². The van der Waals surface area contributed by atoms with Gasteiger partial charge in [0.05, 0.1) is 19.1 Å². The molecular formula is C18H18ClN5O6. The van der Waals surface area contributed by atoms with Crippen LogP contribution in [0.1, 0.15) is 0 Å². The SMILES string of the molecule is COc1ccc(Cl)cc1NC(=O)COC(=O)Cn1cnc2c1c(=O)n(C)c(=O)n2C. The van der Waals surface area contributed by atoms with E-state index in [1.54, 1.807) is 12.1 Å². The number of methoxy groups -OCH3 is 1. The zero-order valence-corrected chi connectivity index (χ0v) is 17.1. The number of hydrogen-bond donors (Lipinski definition) is 1. The van der Waals surface area contributed by atoms with E-state index in [2.05, 4.69) is 10.3 Å². The molecule has 3 aromatic rings. The zero-order valence-electron chi connectivity index (χ0n) is 16.3. The lowest BCUT2D eigenvalue weighted by Gasteiger charge is -2.11. The summed E-state index contributed by atoms with van der Waals surface area (Å²) in [4.78, 5) is 52.6. The third-order valence-corrected chi connectivity index (χ3v) is 4.55. The molecule has 1 amide bonds. The van der Waals surface area contributed by atoms with E-state index >= 15 is 0 Å². The number of esters is 1. The summed E-state index contributed by atoms with van der Waals surface area (Å²) in [5, 5.41) is 2.93. The first-order valence-electron chi connectivity index (χ1n) is 8.62. The maximum Gasteiger partial charge on any atom is 0.332 e. The molecule has 1 N–H and O–H groups in total. The summed E-state index contributed by atoms with van der Waals surface area (Å²) in [6, 6.07) is 4.69. The minimum atomic E-state index is -0.765. The lowest BCUT2D eigenvalue weighted by atomic mass is 10.3. The van der Waals surface area contributed by atoms with Gasteiger partial charge in [0, 0.05) is 19.1 Å². The van der Waals surface area contributed by atoms with Crippen LogP contribution in [0.4, 0.5) is 5.69 Å². The van der Waals surface area contributed by atoms with E-state index < -0.39 is 29.7 Å². The van der Waals surface area contributed by atoms with Crippen LogP contribution in [0.5, 0.6) is 5.75 Å². The summed E-state index contributed by atoms with van der Waals surface area (Å²) in [7, 11) is 4.23. The maximum atomic E-state index is 12.4. The number of carbonyl (C=O) groups excluding carboxylic acids is 2. The van der Waals surface area contributed by atoms with Crippen molar-refractivity contribution in [3.05, 3.63) is 50.4 Å². The zero-order chi connectivity index (χ0) is 22.0. The van der Waals surface area contributed by atoms with Crippen LogP contribution in [0.25, 0.3) is 11.2 Å². The molecular weight excluding hydrogens is 418 g/mol. The first kappa shape index (κ1) is 21.1. The van der Waals surface area contributed by atoms with Crippen molar-refractivity contribution in [1.82, 2.24) is 18.7 Å². The van der Waals surface area contributed by atoms with Gasteiger partial charge in [0.25, 0.3) is 11.5 Å². The fourth-order valence-electron chi connectivity index (χ4n) is 2.81. The molecule has 3 rings (SSSR count). The molecule has 0 fully saturated rings. The van der Waals surface area contributed by atoms with E-state index in [-0.39, 0.29) is 17.7 Å². The molecule has 0 bridgehead atoms. The topological polar surface area (TPSA) is 126 Å². The Morgan fingerprint density at radius 3 is 2.63 bits per heavy atom. The molecule has 30 heavy (non-hydrogen) atoms. The molecule has 11 nitrogen and oxygen atoms in total. The number of ether oxygens (including phenoxy) is 2. The Balaban J connectivity index is 1.68. The normalized spacial score (nSPS) is 10.8. The van der Waals surface area contributed by atoms with Crippen molar-refractivity contribution in [3.63, 3.8) is 0 Å². The van der Waals surface area contributed by atoms with Crippen LogP contribution in [0.3, 0.4) is 0 Å². The Kier molecular flexibility index (Phi) is 5.92. The van der Waals surface area contributed by atoms with Crippen LogP contribution >= 0.6 is 11.6 Å². The largest absolute Gasteiger partial charge is 0.495 e. The van der Waals surface area contributed by atoms with Crippen molar-refractivity contribution in [1.29, 1.82) is 0 Å². The number of hydrogen-bond acceptors (Lipinski definition) is 7. The fraction of sp³-hybridized carbons (Fsp3) is 0.278. The molecule has 2 aromatic heterocycles. The number of fused-ring (bicyclic) bond motifs is 1. The minimum absolute atomic E-state index is 0.0738. The summed E-state index contributed by atoms with van der Waals surface area (Å²) in [6.07, 6.45) is 1.25. The highest BCUT2D eigenvalue weighted by Gasteiger charge is 2.17. The van der Waals surface area contributed by atoms with Crippen LogP contribution in [0.2, 0.25) is 5.02 Å². The predicted molar refractivity (Wildman–Crippen MR) is 108 cm³/mol. The average molecular weight is 436 g/mol. The minimum Gasteiger partial charge on any atom is -0.495 e. The smallest absolute Gasteiger partial charge is 0.332 e. The molecule has 0 atom stereocenters. The molecule has 2 heterocycles. The lowest BCUT2D eigenvalue weighted by molar-refractivity contribution is -0.147. The number of amides is 1. The van der Waals surface area contributed by atoms with Crippen molar-refractivity contribution in [2.24, 2.45) is 14.1 Å². The Hall–Kier alpha value is -3.60. The summed E-state index contributed by atoms with van der Waals surface area (Å²) in [5.74, 6) is -0.971. The number of benzene rings is 1. The van der Waals surface area contributed by atoms with Gasteiger partial charge in [-0.2, -0.15) is 0 Å². The Morgan fingerprint density at radius 1 is 1.20 bits per heavy atom. The second kappa shape index (κ2) is 8.41. The van der Waals surface area contributed by atoms with Gasteiger partial charge in [-0.05, 0) is 18.2 Å². The number of aromatic nitrogens is 4. The van der Waals surface area contributed by atoms with Crippen LogP contribution in [0, 0.1) is 0 Å². The third-order valence-electron chi connectivity index (χ3n) is 4.32. The number of imidazole rings is 1. The highest BCUT2D eigenvalue weighted by Crippen LogP contribution is 2.27. The molecule has 12 heteroatoms. The summed E-state index contributed by atoms with van der Waals surface area (Å²) >= 11 is 5.91. The Labute approximate surface area is 174 Å². The molecule has 0 saturated heterocycles. The van der Waals surface area contributed by atoms with Crippen LogP contribution in [0.15, 0.2) is 34.1 Å². The van der Waals surface area contributed by atoms with Gasteiger partial charge < -0.3 is 19.4 Å². The summed E-state index contributed by atoms with van der Waals surface area (Å²) in [5.41, 5.74) is -0.583. The molecule has 0 unspecified atom stereocenters. The number of rotatable bonds is 6. The predicted octanol–water partition coefficient (Wildman–Crippen LogP) is 0.278. The average Bonchev–Trinajstić information content (AvgIpc) is 3.13. The molecule has 0 saturated carbocycles. The standard InChI is InChI=1S/C18H18ClN5O6/c1-22-16-15(17(27)23(2)18(22)28)24(9-20-16)7-14(26)30-8-13(25)21-11-6-10(19)4-5-12(11)29-3/h4-6,9H,7-8H2,1-3H3,(H,21,25). The van der Waals surface area contributed by atoms with Gasteiger partial charge >= 0.3 is 11.7 Å². The van der Waals surface area contributed by atoms with Gasteiger partial charge in [0.2, 0.25) is 0 Å². The molecule has 1 aromatic carbocycles. The van der Waals surface area contributed by atoms with Crippen molar-refractivity contribution < 1.29 is 19.1 Å². The molecule has 0 aliphatic carbocycles. The molecule has 0 aliphatic heterocycles. The highest BCUT2D eigenvalue weighted by molar-refractivity contribution is 6.31. The van der Waals surface area contributed by atoms with E-state index in [1.807, 2.05) is 0 Å². The molecule has 0 spiro atoms. The summed E-state index contributed by atoms with van der Waals surface area (Å²) in [6.45, 7) is -0.921. The first-order valence-corrected chi connectivity index (χ1v) is 9.00. The lowest BCUT2D eigenvalue weighted by Crippen LogP contribution is -2.37. The first-order chi connectivity index (χ1) is 14.2. The second-order valence-corrected chi connectivity index (χ2v) is 6.74. The number of nitrogens with zero attached hydrogens (tertiary/aromatic N) is 4. The number of nitrogens with one attached hydrogen (secondary N) is 1. The molecule has 0 aliphatic rings. The van der Waals surface area contributed by atoms with Crippen molar-refractivity contribution in [2.45, 2.75) is 6.54 Å². The maximum absolute atomic E-state index is 12.4. The van der Waals surface area contributed by atoms with E-state index in [9.17, 15) is 19.2 Å².